The van der Waals surface area contributed by atoms with E-state index in [1.54, 1.807) is 0 Å². The Morgan fingerprint density at radius 1 is 0.960 bits per heavy atom. The van der Waals surface area contributed by atoms with E-state index in [4.69, 9.17) is 0 Å². The lowest BCUT2D eigenvalue weighted by atomic mass is 10.1. The first-order chi connectivity index (χ1) is 12.2. The number of nitrogens with one attached hydrogen (secondary N) is 4. The van der Waals surface area contributed by atoms with Gasteiger partial charge in [-0.05, 0) is 57.3 Å². The van der Waals surface area contributed by atoms with Gasteiger partial charge in [-0.15, -0.1) is 0 Å². The third kappa shape index (κ3) is 3.68. The summed E-state index contributed by atoms with van der Waals surface area (Å²) in [5, 5.41) is 12.8. The first-order valence-corrected chi connectivity index (χ1v) is 9.44. The second-order valence-electron chi connectivity index (χ2n) is 7.02. The van der Waals surface area contributed by atoms with Gasteiger partial charge >= 0.3 is 0 Å². The van der Waals surface area contributed by atoms with Crippen LogP contribution in [0.4, 0.5) is 17.1 Å². The van der Waals surface area contributed by atoms with Crippen LogP contribution in [0.5, 0.6) is 0 Å². The number of hydrogen-bond donors (Lipinski definition) is 4. The summed E-state index contributed by atoms with van der Waals surface area (Å²) >= 11 is 0. The van der Waals surface area contributed by atoms with Crippen LogP contribution in [0.3, 0.4) is 0 Å². The molecule has 1 amide bonds. The van der Waals surface area contributed by atoms with Crippen LogP contribution in [0.1, 0.15) is 42.5 Å². The molecule has 3 rings (SSSR count). The van der Waals surface area contributed by atoms with Gasteiger partial charge in [0.05, 0.1) is 16.9 Å². The lowest BCUT2D eigenvalue weighted by Gasteiger charge is -2.30. The molecule has 4 N–H and O–H groups in total. The summed E-state index contributed by atoms with van der Waals surface area (Å²) < 4.78 is 0. The molecule has 138 valence electrons. The van der Waals surface area contributed by atoms with Crippen LogP contribution in [-0.4, -0.2) is 57.1 Å². The van der Waals surface area contributed by atoms with Gasteiger partial charge in [-0.1, -0.05) is 0 Å². The number of anilines is 3. The number of nitrogens with zero attached hydrogens (tertiary/aromatic N) is 1. The molecule has 1 aromatic rings. The van der Waals surface area contributed by atoms with E-state index in [1.165, 1.54) is 38.8 Å². The predicted octanol–water partition coefficient (Wildman–Crippen LogP) is 2.56. The van der Waals surface area contributed by atoms with Gasteiger partial charge in [0.25, 0.3) is 5.91 Å². The molecule has 0 aromatic heterocycles. The molecule has 1 aromatic carbocycles. The Balaban J connectivity index is 1.80. The largest absolute Gasteiger partial charge is 0.388 e. The van der Waals surface area contributed by atoms with Crippen LogP contribution >= 0.6 is 0 Å². The Labute approximate surface area is 150 Å². The number of rotatable bonds is 6. The molecule has 1 aliphatic heterocycles. The van der Waals surface area contributed by atoms with Crippen molar-refractivity contribution in [3.8, 4) is 0 Å². The molecule has 2 atom stereocenters. The monoisotopic (exact) mass is 345 g/mol. The van der Waals surface area contributed by atoms with Gasteiger partial charge in [-0.25, -0.2) is 0 Å². The van der Waals surface area contributed by atoms with Gasteiger partial charge in [0, 0.05) is 38.9 Å². The van der Waals surface area contributed by atoms with Crippen LogP contribution in [0.2, 0.25) is 0 Å². The lowest BCUT2D eigenvalue weighted by molar-refractivity contribution is 0.0914. The molecule has 25 heavy (non-hydrogen) atoms. The fourth-order valence-electron chi connectivity index (χ4n) is 4.29. The van der Waals surface area contributed by atoms with E-state index in [0.29, 0.717) is 11.6 Å². The number of benzene rings is 1. The van der Waals surface area contributed by atoms with Crippen molar-refractivity contribution in [1.29, 1.82) is 0 Å². The molecule has 1 aliphatic carbocycles. The fraction of sp³-hybridized carbons (Fsp3) is 0.632. The first kappa shape index (κ1) is 17.9. The predicted molar refractivity (Wildman–Crippen MR) is 105 cm³/mol. The zero-order valence-electron chi connectivity index (χ0n) is 15.6. The van der Waals surface area contributed by atoms with E-state index in [0.717, 1.165) is 23.5 Å². The average molecular weight is 345 g/mol. The van der Waals surface area contributed by atoms with Crippen molar-refractivity contribution in [2.75, 3.05) is 50.2 Å². The minimum absolute atomic E-state index is 0.00690. The second-order valence-corrected chi connectivity index (χ2v) is 7.02. The standard InChI is InChI=1S/C19H31N5O/c1-20-13-11-15(21-2)18(16(12-13)22-3)19(25)23-14-7-6-8-17(14)24-9-4-5-10-24/h11-12,14,17,20-22H,4-10H2,1-3H3,(H,23,25). The maximum Gasteiger partial charge on any atom is 0.255 e. The van der Waals surface area contributed by atoms with E-state index < -0.39 is 0 Å². The van der Waals surface area contributed by atoms with Gasteiger partial charge in [0.1, 0.15) is 0 Å². The van der Waals surface area contributed by atoms with Crippen LogP contribution in [0, 0.1) is 0 Å². The average Bonchev–Trinajstić information content (AvgIpc) is 3.31. The summed E-state index contributed by atoms with van der Waals surface area (Å²) in [5.41, 5.74) is 3.34. The Morgan fingerprint density at radius 2 is 1.60 bits per heavy atom. The summed E-state index contributed by atoms with van der Waals surface area (Å²) in [5.74, 6) is 0.00690. The highest BCUT2D eigenvalue weighted by atomic mass is 16.1. The highest BCUT2D eigenvalue weighted by molar-refractivity contribution is 6.06. The number of carbonyl (C=O) groups excluding carboxylic acids is 1. The minimum Gasteiger partial charge on any atom is -0.388 e. The number of amides is 1. The second kappa shape index (κ2) is 7.95. The normalized spacial score (nSPS) is 23.5. The van der Waals surface area contributed by atoms with Crippen LogP contribution in [-0.2, 0) is 0 Å². The van der Waals surface area contributed by atoms with Crippen molar-refractivity contribution in [3.63, 3.8) is 0 Å². The summed E-state index contributed by atoms with van der Waals surface area (Å²) in [6, 6.07) is 4.70. The van der Waals surface area contributed by atoms with Crippen molar-refractivity contribution in [2.45, 2.75) is 44.2 Å². The van der Waals surface area contributed by atoms with E-state index in [9.17, 15) is 4.79 Å². The topological polar surface area (TPSA) is 68.4 Å². The SMILES string of the molecule is CNc1cc(NC)c(C(=O)NC2CCCC2N2CCCC2)c(NC)c1. The van der Waals surface area contributed by atoms with E-state index in [1.807, 2.05) is 33.3 Å². The van der Waals surface area contributed by atoms with Crippen LogP contribution in [0.15, 0.2) is 12.1 Å². The van der Waals surface area contributed by atoms with Gasteiger partial charge in [0.15, 0.2) is 0 Å². The molecule has 0 radical (unpaired) electrons. The maximum atomic E-state index is 13.1. The fourth-order valence-corrected chi connectivity index (χ4v) is 4.29. The third-order valence-corrected chi connectivity index (χ3v) is 5.60. The van der Waals surface area contributed by atoms with E-state index in [2.05, 4.69) is 26.2 Å². The summed E-state index contributed by atoms with van der Waals surface area (Å²) in [6.07, 6.45) is 6.04. The number of carbonyl (C=O) groups is 1. The van der Waals surface area contributed by atoms with Gasteiger partial charge < -0.3 is 21.3 Å². The van der Waals surface area contributed by atoms with Gasteiger partial charge in [-0.3, -0.25) is 9.69 Å². The molecule has 6 heteroatoms. The van der Waals surface area contributed by atoms with Crippen molar-refractivity contribution in [1.82, 2.24) is 10.2 Å². The summed E-state index contributed by atoms with van der Waals surface area (Å²) in [6.45, 7) is 2.36. The Bertz CT molecular complexity index is 587. The van der Waals surface area contributed by atoms with Crippen molar-refractivity contribution < 1.29 is 4.79 Å². The Hall–Kier alpha value is -1.95. The Kier molecular flexibility index (Phi) is 5.68. The molecule has 0 bridgehead atoms. The quantitative estimate of drug-likeness (QED) is 0.638. The molecular weight excluding hydrogens is 314 g/mol. The van der Waals surface area contributed by atoms with E-state index in [-0.39, 0.29) is 11.9 Å². The van der Waals surface area contributed by atoms with Crippen molar-refractivity contribution in [3.05, 3.63) is 17.7 Å². The molecule has 0 spiro atoms. The highest BCUT2D eigenvalue weighted by Crippen LogP contribution is 2.31. The molecule has 2 aliphatic rings. The lowest BCUT2D eigenvalue weighted by Crippen LogP contribution is -2.48. The molecule has 1 saturated carbocycles. The van der Waals surface area contributed by atoms with Crippen LogP contribution in [0.25, 0.3) is 0 Å². The molecule has 2 fully saturated rings. The minimum atomic E-state index is 0.00690. The molecule has 1 saturated heterocycles. The molecule has 6 nitrogen and oxygen atoms in total. The molecule has 2 unspecified atom stereocenters. The molecule has 1 heterocycles. The van der Waals surface area contributed by atoms with Gasteiger partial charge in [-0.2, -0.15) is 0 Å². The third-order valence-electron chi connectivity index (χ3n) is 5.60. The zero-order chi connectivity index (χ0) is 17.8. The van der Waals surface area contributed by atoms with E-state index >= 15 is 0 Å². The maximum absolute atomic E-state index is 13.1. The smallest absolute Gasteiger partial charge is 0.255 e. The van der Waals surface area contributed by atoms with Crippen molar-refractivity contribution in [2.24, 2.45) is 0 Å². The van der Waals surface area contributed by atoms with Crippen LogP contribution < -0.4 is 21.3 Å². The number of hydrogen-bond acceptors (Lipinski definition) is 5. The Morgan fingerprint density at radius 3 is 2.16 bits per heavy atom. The highest BCUT2D eigenvalue weighted by Gasteiger charge is 2.35. The first-order valence-electron chi connectivity index (χ1n) is 9.44. The summed E-state index contributed by atoms with van der Waals surface area (Å²) in [4.78, 5) is 15.7. The summed E-state index contributed by atoms with van der Waals surface area (Å²) in [7, 11) is 5.59. The number of likely N-dealkylation sites (tertiary alicyclic amines) is 1. The van der Waals surface area contributed by atoms with Crippen molar-refractivity contribution >= 4 is 23.0 Å². The van der Waals surface area contributed by atoms with Gasteiger partial charge in [0.2, 0.25) is 0 Å². The zero-order valence-corrected chi connectivity index (χ0v) is 15.6. The molecular formula is C19H31N5O.